The van der Waals surface area contributed by atoms with Gasteiger partial charge in [0.2, 0.25) is 0 Å². The Hall–Kier alpha value is -3.35. The standard InChI is InChI=1S/C18H16N4O3/c1-25-16-5-3-2-4-14(16)17-15-10-11-19-18(15)21(20-17)12-6-8-13(9-7-12)22(23)24/h2-9,19H,10-11H2,1H3. The number of anilines is 1. The number of hydrogen-bond acceptors (Lipinski definition) is 5. The van der Waals surface area contributed by atoms with E-state index in [0.29, 0.717) is 0 Å². The molecule has 25 heavy (non-hydrogen) atoms. The molecule has 0 aliphatic carbocycles. The minimum Gasteiger partial charge on any atom is -0.496 e. The van der Waals surface area contributed by atoms with Gasteiger partial charge in [-0.25, -0.2) is 4.68 Å². The molecular weight excluding hydrogens is 320 g/mol. The van der Waals surface area contributed by atoms with Gasteiger partial charge in [-0.1, -0.05) is 12.1 Å². The molecule has 1 aromatic heterocycles. The highest BCUT2D eigenvalue weighted by molar-refractivity contribution is 5.76. The Balaban J connectivity index is 1.84. The maximum absolute atomic E-state index is 10.9. The molecule has 7 heteroatoms. The summed E-state index contributed by atoms with van der Waals surface area (Å²) in [7, 11) is 1.64. The van der Waals surface area contributed by atoms with Gasteiger partial charge in [-0.15, -0.1) is 0 Å². The van der Waals surface area contributed by atoms with Crippen LogP contribution in [0.3, 0.4) is 0 Å². The number of ether oxygens (including phenoxy) is 1. The van der Waals surface area contributed by atoms with Crippen LogP contribution in [0.5, 0.6) is 5.75 Å². The molecule has 0 saturated carbocycles. The molecule has 2 heterocycles. The molecule has 1 aliphatic rings. The smallest absolute Gasteiger partial charge is 0.269 e. The Morgan fingerprint density at radius 2 is 1.96 bits per heavy atom. The Morgan fingerprint density at radius 1 is 1.20 bits per heavy atom. The summed E-state index contributed by atoms with van der Waals surface area (Å²) in [5.74, 6) is 1.69. The Morgan fingerprint density at radius 3 is 2.68 bits per heavy atom. The first kappa shape index (κ1) is 15.2. The number of nitro groups is 1. The van der Waals surface area contributed by atoms with Gasteiger partial charge in [0.15, 0.2) is 0 Å². The third-order valence-corrected chi connectivity index (χ3v) is 4.32. The predicted molar refractivity (Wildman–Crippen MR) is 94.4 cm³/mol. The molecule has 0 radical (unpaired) electrons. The molecule has 7 nitrogen and oxygen atoms in total. The third-order valence-electron chi connectivity index (χ3n) is 4.32. The van der Waals surface area contributed by atoms with E-state index in [9.17, 15) is 10.1 Å². The fourth-order valence-corrected chi connectivity index (χ4v) is 3.13. The number of rotatable bonds is 4. The van der Waals surface area contributed by atoms with Crippen molar-refractivity contribution in [1.82, 2.24) is 9.78 Å². The van der Waals surface area contributed by atoms with Crippen LogP contribution in [0.1, 0.15) is 5.56 Å². The van der Waals surface area contributed by atoms with Crippen LogP contribution in [0.25, 0.3) is 16.9 Å². The van der Waals surface area contributed by atoms with Crippen molar-refractivity contribution in [1.29, 1.82) is 0 Å². The number of nitrogens with one attached hydrogen (secondary N) is 1. The van der Waals surface area contributed by atoms with Gasteiger partial charge >= 0.3 is 0 Å². The number of non-ortho nitro benzene ring substituents is 1. The topological polar surface area (TPSA) is 82.2 Å². The van der Waals surface area contributed by atoms with Gasteiger partial charge in [0.25, 0.3) is 5.69 Å². The summed E-state index contributed by atoms with van der Waals surface area (Å²) in [6.45, 7) is 0.836. The van der Waals surface area contributed by atoms with Crippen LogP contribution in [-0.4, -0.2) is 28.4 Å². The molecule has 0 atom stereocenters. The zero-order chi connectivity index (χ0) is 17.4. The lowest BCUT2D eigenvalue weighted by molar-refractivity contribution is -0.384. The second kappa shape index (κ2) is 5.94. The van der Waals surface area contributed by atoms with E-state index in [1.807, 2.05) is 24.3 Å². The fraction of sp³-hybridized carbons (Fsp3) is 0.167. The van der Waals surface area contributed by atoms with E-state index in [2.05, 4.69) is 5.32 Å². The average molecular weight is 336 g/mol. The summed E-state index contributed by atoms with van der Waals surface area (Å²) in [4.78, 5) is 10.4. The van der Waals surface area contributed by atoms with Crippen LogP contribution in [0.4, 0.5) is 11.5 Å². The van der Waals surface area contributed by atoms with E-state index in [4.69, 9.17) is 9.84 Å². The van der Waals surface area contributed by atoms with E-state index < -0.39 is 4.92 Å². The van der Waals surface area contributed by atoms with E-state index in [-0.39, 0.29) is 5.69 Å². The van der Waals surface area contributed by atoms with Crippen LogP contribution in [0, 0.1) is 10.1 Å². The molecule has 1 aliphatic heterocycles. The first-order chi connectivity index (χ1) is 12.2. The van der Waals surface area contributed by atoms with E-state index in [0.717, 1.165) is 47.0 Å². The van der Waals surface area contributed by atoms with Gasteiger partial charge in [-0.05, 0) is 30.7 Å². The zero-order valence-corrected chi connectivity index (χ0v) is 13.6. The molecule has 4 rings (SSSR count). The van der Waals surface area contributed by atoms with Gasteiger partial charge in [0.1, 0.15) is 17.3 Å². The Labute approximate surface area is 144 Å². The second-order valence-electron chi connectivity index (χ2n) is 5.74. The number of fused-ring (bicyclic) bond motifs is 1. The van der Waals surface area contributed by atoms with Gasteiger partial charge < -0.3 is 10.1 Å². The summed E-state index contributed by atoms with van der Waals surface area (Å²) >= 11 is 0. The minimum absolute atomic E-state index is 0.0606. The van der Waals surface area contributed by atoms with Crippen molar-refractivity contribution in [3.63, 3.8) is 0 Å². The molecule has 0 bridgehead atoms. The van der Waals surface area contributed by atoms with Crippen LogP contribution in [0.15, 0.2) is 48.5 Å². The lowest BCUT2D eigenvalue weighted by atomic mass is 10.1. The SMILES string of the molecule is COc1ccccc1-c1nn(-c2ccc([N+](=O)[O-])cc2)c2c1CCN2. The Kier molecular flexibility index (Phi) is 3.61. The van der Waals surface area contributed by atoms with Gasteiger partial charge in [0, 0.05) is 29.8 Å². The van der Waals surface area contributed by atoms with Gasteiger partial charge in [-0.3, -0.25) is 10.1 Å². The first-order valence-electron chi connectivity index (χ1n) is 7.93. The fourth-order valence-electron chi connectivity index (χ4n) is 3.13. The molecule has 3 aromatic rings. The Bertz CT molecular complexity index is 947. The summed E-state index contributed by atoms with van der Waals surface area (Å²) in [5, 5.41) is 19.0. The zero-order valence-electron chi connectivity index (χ0n) is 13.6. The molecule has 1 N–H and O–H groups in total. The van der Waals surface area contributed by atoms with Crippen LogP contribution in [0.2, 0.25) is 0 Å². The summed E-state index contributed by atoms with van der Waals surface area (Å²) in [6.07, 6.45) is 0.871. The summed E-state index contributed by atoms with van der Waals surface area (Å²) in [5.41, 5.74) is 3.77. The minimum atomic E-state index is -0.407. The van der Waals surface area contributed by atoms with E-state index >= 15 is 0 Å². The normalized spacial score (nSPS) is 12.5. The van der Waals surface area contributed by atoms with Crippen molar-refractivity contribution in [2.75, 3.05) is 19.0 Å². The largest absolute Gasteiger partial charge is 0.496 e. The average Bonchev–Trinajstić information content (AvgIpc) is 3.24. The number of nitrogens with zero attached hydrogens (tertiary/aromatic N) is 3. The highest BCUT2D eigenvalue weighted by Crippen LogP contribution is 2.38. The number of methoxy groups -OCH3 is 1. The number of benzene rings is 2. The van der Waals surface area contributed by atoms with Crippen LogP contribution >= 0.6 is 0 Å². The molecule has 2 aromatic carbocycles. The molecule has 0 fully saturated rings. The number of hydrogen-bond donors (Lipinski definition) is 1. The van der Waals surface area contributed by atoms with Crippen molar-refractivity contribution in [2.24, 2.45) is 0 Å². The quantitative estimate of drug-likeness (QED) is 0.583. The predicted octanol–water partition coefficient (Wildman–Crippen LogP) is 3.42. The lowest BCUT2D eigenvalue weighted by Gasteiger charge is -2.07. The number of aromatic nitrogens is 2. The first-order valence-corrected chi connectivity index (χ1v) is 7.93. The van der Waals surface area contributed by atoms with Crippen molar-refractivity contribution in [2.45, 2.75) is 6.42 Å². The maximum Gasteiger partial charge on any atom is 0.269 e. The second-order valence-corrected chi connectivity index (χ2v) is 5.74. The van der Waals surface area contributed by atoms with E-state index in [1.54, 1.807) is 23.9 Å². The summed E-state index contributed by atoms with van der Waals surface area (Å²) < 4.78 is 7.27. The molecule has 0 unspecified atom stereocenters. The van der Waals surface area contributed by atoms with Crippen molar-refractivity contribution >= 4 is 11.5 Å². The van der Waals surface area contributed by atoms with Crippen LogP contribution < -0.4 is 10.1 Å². The number of nitro benzene ring substituents is 1. The lowest BCUT2D eigenvalue weighted by Crippen LogP contribution is -2.04. The van der Waals surface area contributed by atoms with E-state index in [1.165, 1.54) is 12.1 Å². The third kappa shape index (κ3) is 2.50. The summed E-state index contributed by atoms with van der Waals surface area (Å²) in [6, 6.07) is 14.2. The highest BCUT2D eigenvalue weighted by Gasteiger charge is 2.25. The van der Waals surface area contributed by atoms with Crippen molar-refractivity contribution in [3.8, 4) is 22.7 Å². The molecule has 0 saturated heterocycles. The highest BCUT2D eigenvalue weighted by atomic mass is 16.6. The molecular formula is C18H16N4O3. The maximum atomic E-state index is 10.9. The number of para-hydroxylation sites is 1. The van der Waals surface area contributed by atoms with Gasteiger partial charge in [-0.2, -0.15) is 5.10 Å². The monoisotopic (exact) mass is 336 g/mol. The molecule has 0 amide bonds. The van der Waals surface area contributed by atoms with Crippen molar-refractivity contribution < 1.29 is 9.66 Å². The molecule has 126 valence electrons. The van der Waals surface area contributed by atoms with Crippen molar-refractivity contribution in [3.05, 3.63) is 64.2 Å². The van der Waals surface area contributed by atoms with Gasteiger partial charge in [0.05, 0.1) is 17.7 Å². The van der Waals surface area contributed by atoms with Crippen LogP contribution in [-0.2, 0) is 6.42 Å². The molecule has 0 spiro atoms.